The topological polar surface area (TPSA) is 59.8 Å². The van der Waals surface area contributed by atoms with E-state index in [9.17, 15) is 4.79 Å². The molecule has 0 aliphatic carbocycles. The first-order valence-corrected chi connectivity index (χ1v) is 9.11. The van der Waals surface area contributed by atoms with E-state index in [0.29, 0.717) is 10.2 Å². The molecule has 0 saturated heterocycles. The van der Waals surface area contributed by atoms with Crippen molar-refractivity contribution in [2.45, 2.75) is 33.7 Å². The molecular weight excluding hydrogens is 356 g/mol. The zero-order valence-corrected chi connectivity index (χ0v) is 16.1. The van der Waals surface area contributed by atoms with Gasteiger partial charge in [0.2, 0.25) is 0 Å². The molecule has 0 bridgehead atoms. The number of rotatable bonds is 4. The van der Waals surface area contributed by atoms with Crippen LogP contribution >= 0.6 is 22.9 Å². The number of nitrogens with one attached hydrogen (secondary N) is 1. The van der Waals surface area contributed by atoms with Crippen molar-refractivity contribution >= 4 is 34.0 Å². The summed E-state index contributed by atoms with van der Waals surface area (Å²) >= 11 is 7.51. The summed E-state index contributed by atoms with van der Waals surface area (Å²) in [5, 5.41) is 8.51. The SMILES string of the molecule is Cc1cc(C)n(C(C)C(=O)Nc2nc(-c3cccc(Cl)c3)c(C)s2)n1. The van der Waals surface area contributed by atoms with Crippen molar-refractivity contribution in [2.75, 3.05) is 5.32 Å². The fraction of sp³-hybridized carbons (Fsp3) is 0.278. The third kappa shape index (κ3) is 3.75. The smallest absolute Gasteiger partial charge is 0.250 e. The van der Waals surface area contributed by atoms with E-state index in [4.69, 9.17) is 11.6 Å². The highest BCUT2D eigenvalue weighted by Gasteiger charge is 2.20. The molecular formula is C18H19ClN4OS. The van der Waals surface area contributed by atoms with Gasteiger partial charge in [0.1, 0.15) is 6.04 Å². The Morgan fingerprint density at radius 1 is 1.28 bits per heavy atom. The van der Waals surface area contributed by atoms with Crippen molar-refractivity contribution in [3.05, 3.63) is 51.6 Å². The second kappa shape index (κ2) is 6.98. The first-order valence-electron chi connectivity index (χ1n) is 7.92. The summed E-state index contributed by atoms with van der Waals surface area (Å²) in [6.45, 7) is 7.66. The summed E-state index contributed by atoms with van der Waals surface area (Å²) in [6, 6.07) is 9.08. The quantitative estimate of drug-likeness (QED) is 0.714. The predicted octanol–water partition coefficient (Wildman–Crippen LogP) is 4.78. The molecule has 1 atom stereocenters. The van der Waals surface area contributed by atoms with E-state index in [1.54, 1.807) is 4.68 Å². The number of anilines is 1. The lowest BCUT2D eigenvalue weighted by atomic mass is 10.1. The molecule has 2 aromatic heterocycles. The molecule has 0 radical (unpaired) electrons. The monoisotopic (exact) mass is 374 g/mol. The molecule has 5 nitrogen and oxygen atoms in total. The van der Waals surface area contributed by atoms with Crippen molar-refractivity contribution in [2.24, 2.45) is 0 Å². The number of thiazole rings is 1. The Bertz CT molecular complexity index is 931. The Labute approximate surface area is 155 Å². The third-order valence-electron chi connectivity index (χ3n) is 3.92. The maximum atomic E-state index is 12.6. The summed E-state index contributed by atoms with van der Waals surface area (Å²) in [4.78, 5) is 18.1. The Kier molecular flexibility index (Phi) is 4.92. The van der Waals surface area contributed by atoms with E-state index in [1.165, 1.54) is 11.3 Å². The van der Waals surface area contributed by atoms with Crippen LogP contribution in [-0.4, -0.2) is 20.7 Å². The maximum Gasteiger partial charge on any atom is 0.250 e. The molecule has 0 aliphatic heterocycles. The van der Waals surface area contributed by atoms with Gasteiger partial charge < -0.3 is 5.32 Å². The van der Waals surface area contributed by atoms with E-state index in [-0.39, 0.29) is 5.91 Å². The standard InChI is InChI=1S/C18H19ClN4OS/c1-10-8-11(2)23(22-10)12(3)17(24)21-18-20-16(13(4)25-18)14-6-5-7-15(19)9-14/h5-9,12H,1-4H3,(H,20,21,24). The molecule has 0 fully saturated rings. The minimum Gasteiger partial charge on any atom is -0.300 e. The minimum absolute atomic E-state index is 0.141. The fourth-order valence-corrected chi connectivity index (χ4v) is 3.74. The summed E-state index contributed by atoms with van der Waals surface area (Å²) in [7, 11) is 0. The number of benzene rings is 1. The number of carbonyl (C=O) groups is 1. The van der Waals surface area contributed by atoms with Gasteiger partial charge in [0.05, 0.1) is 11.4 Å². The number of nitrogens with zero attached hydrogens (tertiary/aromatic N) is 3. The van der Waals surface area contributed by atoms with Crippen LogP contribution in [0.25, 0.3) is 11.3 Å². The van der Waals surface area contributed by atoms with E-state index >= 15 is 0 Å². The van der Waals surface area contributed by atoms with Crippen LogP contribution in [0.15, 0.2) is 30.3 Å². The van der Waals surface area contributed by atoms with Crippen molar-refractivity contribution in [1.82, 2.24) is 14.8 Å². The molecule has 2 heterocycles. The van der Waals surface area contributed by atoms with Crippen molar-refractivity contribution in [3.63, 3.8) is 0 Å². The van der Waals surface area contributed by atoms with Crippen LogP contribution in [0.3, 0.4) is 0 Å². The van der Waals surface area contributed by atoms with Gasteiger partial charge >= 0.3 is 0 Å². The highest BCUT2D eigenvalue weighted by atomic mass is 35.5. The minimum atomic E-state index is -0.410. The van der Waals surface area contributed by atoms with Crippen LogP contribution in [-0.2, 0) is 4.79 Å². The summed E-state index contributed by atoms with van der Waals surface area (Å²) < 4.78 is 1.73. The van der Waals surface area contributed by atoms with Crippen LogP contribution in [0.5, 0.6) is 0 Å². The number of aryl methyl sites for hydroxylation is 3. The number of hydrogen-bond acceptors (Lipinski definition) is 4. The molecule has 1 unspecified atom stereocenters. The number of aromatic nitrogens is 3. The van der Waals surface area contributed by atoms with Gasteiger partial charge in [-0.1, -0.05) is 23.7 Å². The van der Waals surface area contributed by atoms with Crippen LogP contribution in [0.2, 0.25) is 5.02 Å². The van der Waals surface area contributed by atoms with Gasteiger partial charge in [-0.05, 0) is 45.9 Å². The fourth-order valence-electron chi connectivity index (χ4n) is 2.71. The van der Waals surface area contributed by atoms with Gasteiger partial charge in [0, 0.05) is 21.2 Å². The molecule has 3 aromatic rings. The molecule has 1 N–H and O–H groups in total. The van der Waals surface area contributed by atoms with Crippen LogP contribution in [0.1, 0.15) is 29.2 Å². The second-order valence-corrected chi connectivity index (χ2v) is 7.61. The van der Waals surface area contributed by atoms with Gasteiger partial charge in [0.15, 0.2) is 5.13 Å². The number of carbonyl (C=O) groups excluding carboxylic acids is 1. The molecule has 1 aromatic carbocycles. The summed E-state index contributed by atoms with van der Waals surface area (Å²) in [6.07, 6.45) is 0. The third-order valence-corrected chi connectivity index (χ3v) is 5.04. The zero-order chi connectivity index (χ0) is 18.1. The van der Waals surface area contributed by atoms with Crippen LogP contribution < -0.4 is 5.32 Å². The highest BCUT2D eigenvalue weighted by molar-refractivity contribution is 7.16. The Balaban J connectivity index is 1.80. The maximum absolute atomic E-state index is 12.6. The number of hydrogen-bond donors (Lipinski definition) is 1. The Hall–Kier alpha value is -2.18. The van der Waals surface area contributed by atoms with E-state index in [1.807, 2.05) is 58.0 Å². The summed E-state index contributed by atoms with van der Waals surface area (Å²) in [5.74, 6) is -0.141. The normalized spacial score (nSPS) is 12.2. The molecule has 130 valence electrons. The van der Waals surface area contributed by atoms with Crippen molar-refractivity contribution in [3.8, 4) is 11.3 Å². The van der Waals surface area contributed by atoms with E-state index in [2.05, 4.69) is 15.4 Å². The first kappa shape index (κ1) is 17.6. The second-order valence-electron chi connectivity index (χ2n) is 5.97. The number of halogens is 1. The predicted molar refractivity (Wildman–Crippen MR) is 102 cm³/mol. The molecule has 0 spiro atoms. The summed E-state index contributed by atoms with van der Waals surface area (Å²) in [5.41, 5.74) is 3.62. The highest BCUT2D eigenvalue weighted by Crippen LogP contribution is 2.31. The van der Waals surface area contributed by atoms with Crippen molar-refractivity contribution in [1.29, 1.82) is 0 Å². The van der Waals surface area contributed by atoms with Crippen LogP contribution in [0.4, 0.5) is 5.13 Å². The molecule has 3 rings (SSSR count). The molecule has 25 heavy (non-hydrogen) atoms. The van der Waals surface area contributed by atoms with Gasteiger partial charge in [-0.25, -0.2) is 4.98 Å². The Morgan fingerprint density at radius 2 is 2.04 bits per heavy atom. The zero-order valence-electron chi connectivity index (χ0n) is 14.5. The molecule has 0 aliphatic rings. The lowest BCUT2D eigenvalue weighted by Crippen LogP contribution is -2.25. The lowest BCUT2D eigenvalue weighted by molar-refractivity contribution is -0.119. The lowest BCUT2D eigenvalue weighted by Gasteiger charge is -2.13. The Morgan fingerprint density at radius 3 is 2.68 bits per heavy atom. The van der Waals surface area contributed by atoms with Gasteiger partial charge in [-0.15, -0.1) is 11.3 Å². The largest absolute Gasteiger partial charge is 0.300 e. The molecule has 0 saturated carbocycles. The molecule has 1 amide bonds. The van der Waals surface area contributed by atoms with Gasteiger partial charge in [0.25, 0.3) is 5.91 Å². The number of amides is 1. The average molecular weight is 375 g/mol. The van der Waals surface area contributed by atoms with Crippen LogP contribution in [0, 0.1) is 20.8 Å². The van der Waals surface area contributed by atoms with E-state index in [0.717, 1.165) is 27.5 Å². The van der Waals surface area contributed by atoms with Gasteiger partial charge in [-0.2, -0.15) is 5.10 Å². The van der Waals surface area contributed by atoms with Gasteiger partial charge in [-0.3, -0.25) is 9.48 Å². The average Bonchev–Trinajstić information content (AvgIpc) is 3.08. The van der Waals surface area contributed by atoms with Crippen molar-refractivity contribution < 1.29 is 4.79 Å². The van der Waals surface area contributed by atoms with E-state index < -0.39 is 6.04 Å². The first-order chi connectivity index (χ1) is 11.8. The molecule has 7 heteroatoms.